The molecular formula is C22H25N5O2. The monoisotopic (exact) mass is 391 g/mol. The Morgan fingerprint density at radius 1 is 1.17 bits per heavy atom. The van der Waals surface area contributed by atoms with Gasteiger partial charge in [-0.05, 0) is 37.5 Å². The average molecular weight is 391 g/mol. The molecule has 1 aliphatic heterocycles. The number of hydrogen-bond acceptors (Lipinski definition) is 5. The molecule has 150 valence electrons. The quantitative estimate of drug-likeness (QED) is 0.722. The highest BCUT2D eigenvalue weighted by molar-refractivity contribution is 5.88. The molecule has 1 saturated heterocycles. The zero-order valence-corrected chi connectivity index (χ0v) is 16.4. The van der Waals surface area contributed by atoms with Crippen molar-refractivity contribution in [1.82, 2.24) is 14.5 Å². The van der Waals surface area contributed by atoms with Crippen LogP contribution in [0.5, 0.6) is 5.75 Å². The third kappa shape index (κ3) is 3.41. The van der Waals surface area contributed by atoms with Crippen molar-refractivity contribution in [2.75, 3.05) is 18.0 Å². The Hall–Kier alpha value is -3.09. The number of nitrogens with two attached hydrogens (primary N) is 1. The normalized spacial score (nSPS) is 16.9. The number of primary amides is 1. The Kier molecular flexibility index (Phi) is 4.58. The van der Waals surface area contributed by atoms with Crippen molar-refractivity contribution < 1.29 is 9.53 Å². The number of amides is 1. The van der Waals surface area contributed by atoms with Gasteiger partial charge in [-0.25, -0.2) is 9.97 Å². The molecule has 2 aromatic heterocycles. The number of carbonyl (C=O) groups is 1. The molecule has 3 heterocycles. The number of carbonyl (C=O) groups excluding carboxylic acids is 1. The van der Waals surface area contributed by atoms with Gasteiger partial charge in [0, 0.05) is 48.8 Å². The highest BCUT2D eigenvalue weighted by atomic mass is 16.5. The molecule has 0 atom stereocenters. The van der Waals surface area contributed by atoms with Crippen molar-refractivity contribution in [2.45, 2.75) is 44.8 Å². The van der Waals surface area contributed by atoms with Gasteiger partial charge in [-0.1, -0.05) is 6.07 Å². The third-order valence-electron chi connectivity index (χ3n) is 5.99. The molecule has 7 heteroatoms. The highest BCUT2D eigenvalue weighted by Gasteiger charge is 2.26. The van der Waals surface area contributed by atoms with Crippen LogP contribution in [0.3, 0.4) is 0 Å². The second-order valence-corrected chi connectivity index (χ2v) is 7.88. The molecule has 2 N–H and O–H groups in total. The van der Waals surface area contributed by atoms with Crippen molar-refractivity contribution in [3.05, 3.63) is 48.0 Å². The van der Waals surface area contributed by atoms with Gasteiger partial charge in [-0.3, -0.25) is 4.79 Å². The SMILES string of the molecule is NC(=O)Cn1ccc2c(OC3CCN(c4ncnc5c4CCC5)CC3)cccc21. The number of rotatable bonds is 5. The van der Waals surface area contributed by atoms with Gasteiger partial charge in [0.05, 0.1) is 5.52 Å². The molecule has 2 aliphatic rings. The van der Waals surface area contributed by atoms with Crippen molar-refractivity contribution in [1.29, 1.82) is 0 Å². The summed E-state index contributed by atoms with van der Waals surface area (Å²) in [6.45, 7) is 2.05. The summed E-state index contributed by atoms with van der Waals surface area (Å²) < 4.78 is 8.24. The number of aryl methyl sites for hydroxylation is 1. The second-order valence-electron chi connectivity index (χ2n) is 7.88. The van der Waals surface area contributed by atoms with Crippen LogP contribution in [0, 0.1) is 0 Å². The van der Waals surface area contributed by atoms with Gasteiger partial charge < -0.3 is 19.9 Å². The molecule has 1 fully saturated rings. The summed E-state index contributed by atoms with van der Waals surface area (Å²) >= 11 is 0. The van der Waals surface area contributed by atoms with E-state index in [9.17, 15) is 4.79 Å². The van der Waals surface area contributed by atoms with Crippen LogP contribution in [0.15, 0.2) is 36.8 Å². The fourth-order valence-corrected chi connectivity index (χ4v) is 4.58. The molecule has 1 amide bonds. The van der Waals surface area contributed by atoms with Crippen molar-refractivity contribution in [3.8, 4) is 5.75 Å². The van der Waals surface area contributed by atoms with E-state index in [1.165, 1.54) is 17.7 Å². The maximum atomic E-state index is 11.3. The number of hydrogen-bond donors (Lipinski definition) is 1. The molecule has 3 aromatic rings. The number of aromatic nitrogens is 3. The van der Waals surface area contributed by atoms with Crippen LogP contribution in [-0.2, 0) is 24.2 Å². The summed E-state index contributed by atoms with van der Waals surface area (Å²) in [6, 6.07) is 7.95. The molecule has 1 aromatic carbocycles. The minimum Gasteiger partial charge on any atom is -0.490 e. The first-order chi connectivity index (χ1) is 14.2. The lowest BCUT2D eigenvalue weighted by Gasteiger charge is -2.34. The van der Waals surface area contributed by atoms with E-state index in [-0.39, 0.29) is 18.6 Å². The predicted octanol–water partition coefficient (Wildman–Crippen LogP) is 2.45. The van der Waals surface area contributed by atoms with Crippen molar-refractivity contribution in [3.63, 3.8) is 0 Å². The van der Waals surface area contributed by atoms with Crippen LogP contribution in [0.4, 0.5) is 5.82 Å². The lowest BCUT2D eigenvalue weighted by atomic mass is 10.1. The van der Waals surface area contributed by atoms with Gasteiger partial charge in [0.25, 0.3) is 0 Å². The van der Waals surface area contributed by atoms with E-state index in [0.717, 1.165) is 61.2 Å². The molecule has 0 spiro atoms. The standard InChI is InChI=1S/C22H25N5O2/c23-21(28)13-27-12-9-17-19(27)5-2-6-20(17)29-15-7-10-26(11-8-15)22-16-3-1-4-18(16)24-14-25-22/h2,5-6,9,12,14-15H,1,3-4,7-8,10-11,13H2,(H2,23,28). The molecule has 29 heavy (non-hydrogen) atoms. The second kappa shape index (κ2) is 7.39. The minimum atomic E-state index is -0.350. The minimum absolute atomic E-state index is 0.172. The average Bonchev–Trinajstić information content (AvgIpc) is 3.36. The predicted molar refractivity (Wildman–Crippen MR) is 111 cm³/mol. The van der Waals surface area contributed by atoms with Crippen molar-refractivity contribution >= 4 is 22.6 Å². The first kappa shape index (κ1) is 18.0. The lowest BCUT2D eigenvalue weighted by molar-refractivity contribution is -0.118. The smallest absolute Gasteiger partial charge is 0.237 e. The van der Waals surface area contributed by atoms with Crippen LogP contribution in [0.2, 0.25) is 0 Å². The largest absolute Gasteiger partial charge is 0.490 e. The zero-order chi connectivity index (χ0) is 19.8. The van der Waals surface area contributed by atoms with E-state index in [0.29, 0.717) is 0 Å². The van der Waals surface area contributed by atoms with E-state index < -0.39 is 0 Å². The van der Waals surface area contributed by atoms with E-state index in [1.807, 2.05) is 35.0 Å². The number of ether oxygens (including phenoxy) is 1. The summed E-state index contributed by atoms with van der Waals surface area (Å²) in [7, 11) is 0. The van der Waals surface area contributed by atoms with Crippen LogP contribution in [0.25, 0.3) is 10.9 Å². The Balaban J connectivity index is 1.28. The number of fused-ring (bicyclic) bond motifs is 2. The third-order valence-corrected chi connectivity index (χ3v) is 5.99. The molecule has 1 aliphatic carbocycles. The van der Waals surface area contributed by atoms with E-state index in [4.69, 9.17) is 10.5 Å². The molecule has 0 unspecified atom stereocenters. The van der Waals surface area contributed by atoms with Crippen LogP contribution < -0.4 is 15.4 Å². The van der Waals surface area contributed by atoms with Crippen LogP contribution in [0.1, 0.15) is 30.5 Å². The van der Waals surface area contributed by atoms with Gasteiger partial charge in [-0.2, -0.15) is 0 Å². The fraction of sp³-hybridized carbons (Fsp3) is 0.409. The maximum Gasteiger partial charge on any atom is 0.237 e. The topological polar surface area (TPSA) is 86.3 Å². The first-order valence-corrected chi connectivity index (χ1v) is 10.3. The van der Waals surface area contributed by atoms with E-state index in [2.05, 4.69) is 14.9 Å². The number of piperidine rings is 1. The van der Waals surface area contributed by atoms with E-state index in [1.54, 1.807) is 6.33 Å². The number of benzene rings is 1. The maximum absolute atomic E-state index is 11.3. The molecule has 0 saturated carbocycles. The summed E-state index contributed by atoms with van der Waals surface area (Å²) in [4.78, 5) is 22.7. The summed E-state index contributed by atoms with van der Waals surface area (Å²) in [5, 5.41) is 1.02. The number of anilines is 1. The summed E-state index contributed by atoms with van der Waals surface area (Å²) in [5.41, 5.74) is 8.88. The van der Waals surface area contributed by atoms with Gasteiger partial charge >= 0.3 is 0 Å². The zero-order valence-electron chi connectivity index (χ0n) is 16.4. The summed E-state index contributed by atoms with van der Waals surface area (Å²) in [6.07, 6.45) is 9.02. The Morgan fingerprint density at radius 3 is 2.86 bits per heavy atom. The highest BCUT2D eigenvalue weighted by Crippen LogP contribution is 2.32. The molecule has 0 radical (unpaired) electrons. The van der Waals surface area contributed by atoms with Crippen LogP contribution >= 0.6 is 0 Å². The van der Waals surface area contributed by atoms with Crippen LogP contribution in [-0.4, -0.2) is 39.6 Å². The number of nitrogens with zero attached hydrogens (tertiary/aromatic N) is 4. The first-order valence-electron chi connectivity index (χ1n) is 10.3. The van der Waals surface area contributed by atoms with E-state index >= 15 is 0 Å². The Morgan fingerprint density at radius 2 is 2.03 bits per heavy atom. The van der Waals surface area contributed by atoms with Gasteiger partial charge in [-0.15, -0.1) is 0 Å². The van der Waals surface area contributed by atoms with Gasteiger partial charge in [0.2, 0.25) is 5.91 Å². The summed E-state index contributed by atoms with van der Waals surface area (Å²) in [5.74, 6) is 1.64. The molecule has 7 nitrogen and oxygen atoms in total. The fourth-order valence-electron chi connectivity index (χ4n) is 4.58. The molecule has 0 bridgehead atoms. The van der Waals surface area contributed by atoms with Crippen molar-refractivity contribution in [2.24, 2.45) is 5.73 Å². The van der Waals surface area contributed by atoms with Gasteiger partial charge in [0.15, 0.2) is 0 Å². The lowest BCUT2D eigenvalue weighted by Crippen LogP contribution is -2.39. The Bertz CT molecular complexity index is 1050. The molecule has 5 rings (SSSR count). The molecular weight excluding hydrogens is 366 g/mol. The Labute approximate surface area is 169 Å². The van der Waals surface area contributed by atoms with Gasteiger partial charge in [0.1, 0.15) is 30.5 Å².